The van der Waals surface area contributed by atoms with Gasteiger partial charge in [-0.15, -0.1) is 0 Å². The van der Waals surface area contributed by atoms with Crippen LogP contribution in [0.5, 0.6) is 11.5 Å². The fourth-order valence-electron chi connectivity index (χ4n) is 3.18. The van der Waals surface area contributed by atoms with E-state index in [0.29, 0.717) is 23.6 Å². The van der Waals surface area contributed by atoms with Gasteiger partial charge >= 0.3 is 0 Å². The molecule has 1 fully saturated rings. The molecule has 2 heterocycles. The van der Waals surface area contributed by atoms with Crippen LogP contribution in [0.25, 0.3) is 0 Å². The maximum atomic E-state index is 12.2. The van der Waals surface area contributed by atoms with Crippen LogP contribution in [0, 0.1) is 0 Å². The zero-order valence-electron chi connectivity index (χ0n) is 17.7. The molecule has 0 saturated carbocycles. The molecular formula is C22H28N4O4. The number of ether oxygens (including phenoxy) is 2. The quantitative estimate of drug-likeness (QED) is 0.661. The van der Waals surface area contributed by atoms with Crippen LogP contribution in [0.3, 0.4) is 0 Å². The standard InChI is InChI=1S/C22H28N4O4/c1-16(27)18-4-5-19(20(13-18)29-3)30-15-22(28)24-14-17-6-7-23-21(12-17)26-10-8-25(2)9-11-26/h4-7,12-13H,8-11,14-15H2,1-3H3,(H,24,28). The van der Waals surface area contributed by atoms with Gasteiger partial charge in [0.1, 0.15) is 5.82 Å². The number of benzene rings is 1. The van der Waals surface area contributed by atoms with Crippen LogP contribution in [-0.4, -0.2) is 68.5 Å². The lowest BCUT2D eigenvalue weighted by molar-refractivity contribution is -0.123. The molecule has 0 radical (unpaired) electrons. The van der Waals surface area contributed by atoms with Gasteiger partial charge in [-0.25, -0.2) is 4.98 Å². The zero-order chi connectivity index (χ0) is 21.5. The van der Waals surface area contributed by atoms with Crippen LogP contribution in [0.4, 0.5) is 5.82 Å². The maximum Gasteiger partial charge on any atom is 0.258 e. The number of ketones is 1. The van der Waals surface area contributed by atoms with Gasteiger partial charge in [-0.2, -0.15) is 0 Å². The van der Waals surface area contributed by atoms with Crippen molar-refractivity contribution in [2.75, 3.05) is 51.8 Å². The number of pyridine rings is 1. The molecule has 0 unspecified atom stereocenters. The van der Waals surface area contributed by atoms with Gasteiger partial charge < -0.3 is 24.6 Å². The van der Waals surface area contributed by atoms with Gasteiger partial charge in [0.2, 0.25) is 0 Å². The molecule has 3 rings (SSSR count). The average Bonchev–Trinajstić information content (AvgIpc) is 2.76. The van der Waals surface area contributed by atoms with E-state index in [2.05, 4.69) is 27.1 Å². The lowest BCUT2D eigenvalue weighted by Crippen LogP contribution is -2.44. The van der Waals surface area contributed by atoms with E-state index >= 15 is 0 Å². The van der Waals surface area contributed by atoms with Crippen LogP contribution in [-0.2, 0) is 11.3 Å². The molecule has 2 aromatic rings. The van der Waals surface area contributed by atoms with Crippen LogP contribution >= 0.6 is 0 Å². The van der Waals surface area contributed by atoms with E-state index in [1.807, 2.05) is 12.1 Å². The lowest BCUT2D eigenvalue weighted by Gasteiger charge is -2.33. The molecule has 8 heteroatoms. The molecule has 1 aliphatic rings. The minimum atomic E-state index is -0.245. The van der Waals surface area contributed by atoms with E-state index in [1.165, 1.54) is 14.0 Å². The molecule has 30 heavy (non-hydrogen) atoms. The normalized spacial score (nSPS) is 14.3. The summed E-state index contributed by atoms with van der Waals surface area (Å²) in [7, 11) is 3.61. The highest BCUT2D eigenvalue weighted by Gasteiger charge is 2.15. The molecule has 0 aliphatic carbocycles. The van der Waals surface area contributed by atoms with Crippen molar-refractivity contribution in [3.63, 3.8) is 0 Å². The largest absolute Gasteiger partial charge is 0.493 e. The predicted molar refractivity (Wildman–Crippen MR) is 114 cm³/mol. The Hall–Kier alpha value is -3.13. The van der Waals surface area contributed by atoms with Crippen LogP contribution in [0.1, 0.15) is 22.8 Å². The second kappa shape index (κ2) is 10.1. The number of nitrogens with one attached hydrogen (secondary N) is 1. The third-order valence-electron chi connectivity index (χ3n) is 5.06. The molecular weight excluding hydrogens is 384 g/mol. The first-order valence-electron chi connectivity index (χ1n) is 9.93. The van der Waals surface area contributed by atoms with Gasteiger partial charge in [0.05, 0.1) is 7.11 Å². The highest BCUT2D eigenvalue weighted by Crippen LogP contribution is 2.28. The third kappa shape index (κ3) is 5.70. The second-order valence-electron chi connectivity index (χ2n) is 7.30. The zero-order valence-corrected chi connectivity index (χ0v) is 17.7. The van der Waals surface area contributed by atoms with Crippen molar-refractivity contribution in [2.45, 2.75) is 13.5 Å². The number of hydrogen-bond acceptors (Lipinski definition) is 7. The smallest absolute Gasteiger partial charge is 0.258 e. The summed E-state index contributed by atoms with van der Waals surface area (Å²) in [4.78, 5) is 32.7. The predicted octanol–water partition coefficient (Wildman–Crippen LogP) is 1.74. The Bertz CT molecular complexity index is 894. The van der Waals surface area contributed by atoms with Crippen LogP contribution in [0.2, 0.25) is 0 Å². The summed E-state index contributed by atoms with van der Waals surface area (Å²) in [5.41, 5.74) is 1.51. The SMILES string of the molecule is COc1cc(C(C)=O)ccc1OCC(=O)NCc1ccnc(N2CCN(C)CC2)c1. The molecule has 0 spiro atoms. The highest BCUT2D eigenvalue weighted by molar-refractivity contribution is 5.94. The Kier molecular flexibility index (Phi) is 7.24. The number of likely N-dealkylation sites (N-methyl/N-ethyl adjacent to an activating group) is 1. The summed E-state index contributed by atoms with van der Waals surface area (Å²) >= 11 is 0. The molecule has 8 nitrogen and oxygen atoms in total. The van der Waals surface area contributed by atoms with Crippen molar-refractivity contribution < 1.29 is 19.1 Å². The number of carbonyl (C=O) groups is 2. The minimum Gasteiger partial charge on any atom is -0.493 e. The van der Waals surface area contributed by atoms with Crippen molar-refractivity contribution in [2.24, 2.45) is 0 Å². The first kappa shape index (κ1) is 21.6. The molecule has 0 atom stereocenters. The molecule has 1 saturated heterocycles. The van der Waals surface area contributed by atoms with Gasteiger partial charge in [-0.1, -0.05) is 0 Å². The van der Waals surface area contributed by atoms with E-state index in [-0.39, 0.29) is 18.3 Å². The molecule has 1 aromatic heterocycles. The maximum absolute atomic E-state index is 12.2. The Balaban J connectivity index is 1.51. The summed E-state index contributed by atoms with van der Waals surface area (Å²) in [6.45, 7) is 5.64. The Morgan fingerprint density at radius 1 is 1.10 bits per heavy atom. The molecule has 160 valence electrons. The number of hydrogen-bond donors (Lipinski definition) is 1. The number of nitrogens with zero attached hydrogens (tertiary/aromatic N) is 3. The van der Waals surface area contributed by atoms with Gasteiger partial charge in [-0.3, -0.25) is 9.59 Å². The average molecular weight is 412 g/mol. The van der Waals surface area contributed by atoms with E-state index in [9.17, 15) is 9.59 Å². The summed E-state index contributed by atoms with van der Waals surface area (Å²) in [5.74, 6) is 1.46. The van der Waals surface area contributed by atoms with E-state index in [1.54, 1.807) is 24.4 Å². The van der Waals surface area contributed by atoms with Crippen molar-refractivity contribution >= 4 is 17.5 Å². The van der Waals surface area contributed by atoms with Gasteiger partial charge in [-0.05, 0) is 49.9 Å². The number of aromatic nitrogens is 1. The fraction of sp³-hybridized carbons (Fsp3) is 0.409. The van der Waals surface area contributed by atoms with Gasteiger partial charge in [0, 0.05) is 44.5 Å². The van der Waals surface area contributed by atoms with E-state index in [0.717, 1.165) is 37.6 Å². The molecule has 1 aliphatic heterocycles. The first-order valence-corrected chi connectivity index (χ1v) is 9.93. The molecule has 0 bridgehead atoms. The molecule has 1 N–H and O–H groups in total. The van der Waals surface area contributed by atoms with Crippen molar-refractivity contribution in [1.82, 2.24) is 15.2 Å². The van der Waals surface area contributed by atoms with Crippen molar-refractivity contribution in [3.8, 4) is 11.5 Å². The second-order valence-corrected chi connectivity index (χ2v) is 7.30. The Morgan fingerprint density at radius 2 is 1.87 bits per heavy atom. The topological polar surface area (TPSA) is 84.0 Å². The van der Waals surface area contributed by atoms with E-state index < -0.39 is 0 Å². The van der Waals surface area contributed by atoms with Crippen LogP contribution in [0.15, 0.2) is 36.5 Å². The van der Waals surface area contributed by atoms with Crippen molar-refractivity contribution in [1.29, 1.82) is 0 Å². The Labute approximate surface area is 176 Å². The molecule has 1 aromatic carbocycles. The summed E-state index contributed by atoms with van der Waals surface area (Å²) < 4.78 is 10.8. The fourth-order valence-corrected chi connectivity index (χ4v) is 3.18. The summed E-state index contributed by atoms with van der Waals surface area (Å²) in [6.07, 6.45) is 1.77. The van der Waals surface area contributed by atoms with Gasteiger partial charge in [0.25, 0.3) is 5.91 Å². The monoisotopic (exact) mass is 412 g/mol. The highest BCUT2D eigenvalue weighted by atomic mass is 16.5. The first-order chi connectivity index (χ1) is 14.5. The third-order valence-corrected chi connectivity index (χ3v) is 5.06. The number of anilines is 1. The van der Waals surface area contributed by atoms with Crippen LogP contribution < -0.4 is 19.7 Å². The minimum absolute atomic E-state index is 0.0640. The lowest BCUT2D eigenvalue weighted by atomic mass is 10.1. The van der Waals surface area contributed by atoms with E-state index in [4.69, 9.17) is 9.47 Å². The number of piperazine rings is 1. The van der Waals surface area contributed by atoms with Crippen molar-refractivity contribution in [3.05, 3.63) is 47.7 Å². The number of Topliss-reactive ketones (excluding diaryl/α,β-unsaturated/α-hetero) is 1. The molecule has 1 amide bonds. The summed E-state index contributed by atoms with van der Waals surface area (Å²) in [5, 5.41) is 2.86. The number of rotatable bonds is 8. The number of carbonyl (C=O) groups excluding carboxylic acids is 2. The Morgan fingerprint density at radius 3 is 2.57 bits per heavy atom. The number of methoxy groups -OCH3 is 1. The number of amides is 1. The van der Waals surface area contributed by atoms with Gasteiger partial charge in [0.15, 0.2) is 23.9 Å². The summed E-state index contributed by atoms with van der Waals surface area (Å²) in [6, 6.07) is 8.79.